The Hall–Kier alpha value is -6.84. The van der Waals surface area contributed by atoms with Crippen LogP contribution >= 0.6 is 0 Å². The van der Waals surface area contributed by atoms with E-state index < -0.39 is 0 Å². The Bertz CT molecular complexity index is 3050. The van der Waals surface area contributed by atoms with Gasteiger partial charge in [0.05, 0.1) is 33.1 Å². The van der Waals surface area contributed by atoms with Gasteiger partial charge in [-0.15, -0.1) is 0 Å². The molecule has 3 nitrogen and oxygen atoms in total. The number of aromatic nitrogens is 3. The largest absolute Gasteiger partial charge is 0.309 e. The van der Waals surface area contributed by atoms with Crippen molar-refractivity contribution in [3.05, 3.63) is 188 Å². The molecule has 0 spiro atoms. The Morgan fingerprint density at radius 2 is 0.510 bits per heavy atom. The number of benzene rings is 8. The Labute approximate surface area is 294 Å². The van der Waals surface area contributed by atoms with E-state index in [1.807, 2.05) is 0 Å². The molecule has 238 valence electrons. The van der Waals surface area contributed by atoms with E-state index in [1.54, 1.807) is 0 Å². The van der Waals surface area contributed by atoms with Crippen molar-refractivity contribution in [2.24, 2.45) is 0 Å². The predicted octanol–water partition coefficient (Wildman–Crippen LogP) is 12.6. The number of para-hydroxylation sites is 5. The number of hydrogen-bond acceptors (Lipinski definition) is 0. The molecule has 0 aliphatic rings. The summed E-state index contributed by atoms with van der Waals surface area (Å²) in [7, 11) is 0. The predicted molar refractivity (Wildman–Crippen MR) is 215 cm³/mol. The molecule has 0 aliphatic carbocycles. The molecule has 0 saturated heterocycles. The first kappa shape index (κ1) is 28.0. The molecule has 0 radical (unpaired) electrons. The maximum atomic E-state index is 2.42. The molecule has 51 heavy (non-hydrogen) atoms. The Balaban J connectivity index is 1.04. The average Bonchev–Trinajstić information content (AvgIpc) is 3.83. The Kier molecular flexibility index (Phi) is 5.96. The number of nitrogens with zero attached hydrogens (tertiary/aromatic N) is 3. The van der Waals surface area contributed by atoms with E-state index >= 15 is 0 Å². The summed E-state index contributed by atoms with van der Waals surface area (Å²) in [6.45, 7) is 0. The van der Waals surface area contributed by atoms with E-state index in [0.717, 1.165) is 11.4 Å². The number of hydrogen-bond donors (Lipinski definition) is 0. The van der Waals surface area contributed by atoms with Gasteiger partial charge in [-0.2, -0.15) is 0 Å². The lowest BCUT2D eigenvalue weighted by molar-refractivity contribution is 1.17. The standard InChI is InChI=1S/C48H31N3/c1-2-12-34(13-3-1)50-45-20-10-6-16-39(45)41-31-48-42(30-47(41)50)40-17-7-11-21-46(40)51(48)36-28-24-33(25-29-36)32-22-26-35(27-23-32)49-43-18-8-4-14-37(43)38-15-5-9-19-44(38)49/h1-31H. The highest BCUT2D eigenvalue weighted by molar-refractivity contribution is 6.19. The highest BCUT2D eigenvalue weighted by atomic mass is 15.0. The van der Waals surface area contributed by atoms with E-state index in [2.05, 4.69) is 202 Å². The van der Waals surface area contributed by atoms with Gasteiger partial charge >= 0.3 is 0 Å². The van der Waals surface area contributed by atoms with Gasteiger partial charge in [-0.3, -0.25) is 0 Å². The Morgan fingerprint density at radius 3 is 0.902 bits per heavy atom. The molecule has 0 fully saturated rings. The summed E-state index contributed by atoms with van der Waals surface area (Å²) in [5.74, 6) is 0. The lowest BCUT2D eigenvalue weighted by Gasteiger charge is -2.11. The molecule has 3 aromatic heterocycles. The molecule has 11 aromatic rings. The summed E-state index contributed by atoms with van der Waals surface area (Å²) in [6, 6.07) is 68.4. The molecule has 11 rings (SSSR count). The molecule has 0 bridgehead atoms. The van der Waals surface area contributed by atoms with Crippen molar-refractivity contribution in [2.45, 2.75) is 0 Å². The van der Waals surface area contributed by atoms with Crippen LogP contribution in [0.2, 0.25) is 0 Å². The number of fused-ring (bicyclic) bond motifs is 9. The van der Waals surface area contributed by atoms with Crippen LogP contribution in [0.1, 0.15) is 0 Å². The van der Waals surface area contributed by atoms with Crippen LogP contribution < -0.4 is 0 Å². The smallest absolute Gasteiger partial charge is 0.0548 e. The van der Waals surface area contributed by atoms with Crippen molar-refractivity contribution >= 4 is 65.4 Å². The first-order valence-electron chi connectivity index (χ1n) is 17.5. The highest BCUT2D eigenvalue weighted by Crippen LogP contribution is 2.40. The minimum atomic E-state index is 1.15. The van der Waals surface area contributed by atoms with Crippen molar-refractivity contribution in [3.8, 4) is 28.2 Å². The van der Waals surface area contributed by atoms with Crippen molar-refractivity contribution in [2.75, 3.05) is 0 Å². The SMILES string of the molecule is c1ccc(-n2c3ccccc3c3cc4c(cc32)c2ccccc2n4-c2ccc(-c3ccc(-n4c5ccccc5c5ccccc54)cc3)cc2)cc1. The third-order valence-electron chi connectivity index (χ3n) is 10.6. The van der Waals surface area contributed by atoms with Crippen LogP contribution in [0.3, 0.4) is 0 Å². The van der Waals surface area contributed by atoms with Gasteiger partial charge in [-0.05, 0) is 83.9 Å². The molecular weight excluding hydrogens is 619 g/mol. The van der Waals surface area contributed by atoms with E-state index in [4.69, 9.17) is 0 Å². The van der Waals surface area contributed by atoms with Crippen LogP contribution in [0.25, 0.3) is 93.6 Å². The lowest BCUT2D eigenvalue weighted by Crippen LogP contribution is -1.95. The fraction of sp³-hybridized carbons (Fsp3) is 0. The van der Waals surface area contributed by atoms with Gasteiger partial charge in [0.2, 0.25) is 0 Å². The summed E-state index contributed by atoms with van der Waals surface area (Å²) in [4.78, 5) is 0. The molecule has 8 aromatic carbocycles. The van der Waals surface area contributed by atoms with Gasteiger partial charge in [0.15, 0.2) is 0 Å². The second kappa shape index (κ2) is 10.8. The first-order valence-corrected chi connectivity index (χ1v) is 17.5. The second-order valence-corrected chi connectivity index (χ2v) is 13.4. The van der Waals surface area contributed by atoms with Crippen molar-refractivity contribution in [1.82, 2.24) is 13.7 Å². The molecular formula is C48H31N3. The normalized spacial score (nSPS) is 11.9. The van der Waals surface area contributed by atoms with Gasteiger partial charge in [-0.1, -0.05) is 115 Å². The number of rotatable bonds is 4. The van der Waals surface area contributed by atoms with Crippen LogP contribution in [-0.4, -0.2) is 13.7 Å². The fourth-order valence-corrected chi connectivity index (χ4v) is 8.37. The maximum Gasteiger partial charge on any atom is 0.0548 e. The highest BCUT2D eigenvalue weighted by Gasteiger charge is 2.18. The first-order chi connectivity index (χ1) is 25.3. The topological polar surface area (TPSA) is 14.8 Å². The average molecular weight is 650 g/mol. The van der Waals surface area contributed by atoms with E-state index in [0.29, 0.717) is 0 Å². The van der Waals surface area contributed by atoms with E-state index in [9.17, 15) is 0 Å². The summed E-state index contributed by atoms with van der Waals surface area (Å²) in [5, 5.41) is 7.58. The van der Waals surface area contributed by atoms with Crippen LogP contribution in [0, 0.1) is 0 Å². The van der Waals surface area contributed by atoms with Crippen LogP contribution in [0.5, 0.6) is 0 Å². The van der Waals surface area contributed by atoms with Crippen LogP contribution in [-0.2, 0) is 0 Å². The van der Waals surface area contributed by atoms with E-state index in [-0.39, 0.29) is 0 Å². The minimum absolute atomic E-state index is 1.15. The second-order valence-electron chi connectivity index (χ2n) is 13.4. The third kappa shape index (κ3) is 4.12. The zero-order valence-corrected chi connectivity index (χ0v) is 27.7. The molecule has 3 heteroatoms. The van der Waals surface area contributed by atoms with Gasteiger partial charge in [-0.25, -0.2) is 0 Å². The molecule has 0 aliphatic heterocycles. The lowest BCUT2D eigenvalue weighted by atomic mass is 10.0. The molecule has 0 atom stereocenters. The fourth-order valence-electron chi connectivity index (χ4n) is 8.37. The quantitative estimate of drug-likeness (QED) is 0.180. The summed E-state index contributed by atoms with van der Waals surface area (Å²) in [6.07, 6.45) is 0. The van der Waals surface area contributed by atoms with Crippen LogP contribution in [0.4, 0.5) is 0 Å². The summed E-state index contributed by atoms with van der Waals surface area (Å²) in [5.41, 5.74) is 13.2. The molecule has 0 amide bonds. The molecule has 0 N–H and O–H groups in total. The zero-order chi connectivity index (χ0) is 33.5. The molecule has 0 saturated carbocycles. The third-order valence-corrected chi connectivity index (χ3v) is 10.6. The van der Waals surface area contributed by atoms with Gasteiger partial charge in [0.1, 0.15) is 0 Å². The minimum Gasteiger partial charge on any atom is -0.309 e. The van der Waals surface area contributed by atoms with Crippen molar-refractivity contribution in [3.63, 3.8) is 0 Å². The molecule has 0 unspecified atom stereocenters. The van der Waals surface area contributed by atoms with Crippen molar-refractivity contribution in [1.29, 1.82) is 0 Å². The monoisotopic (exact) mass is 649 g/mol. The maximum absolute atomic E-state index is 2.42. The summed E-state index contributed by atoms with van der Waals surface area (Å²) < 4.78 is 7.19. The Morgan fingerprint density at radius 1 is 0.216 bits per heavy atom. The van der Waals surface area contributed by atoms with Crippen LogP contribution in [0.15, 0.2) is 188 Å². The van der Waals surface area contributed by atoms with Gasteiger partial charge in [0.25, 0.3) is 0 Å². The van der Waals surface area contributed by atoms with Gasteiger partial charge in [0, 0.05) is 49.4 Å². The molecule has 3 heterocycles. The summed E-state index contributed by atoms with van der Waals surface area (Å²) >= 11 is 0. The van der Waals surface area contributed by atoms with Gasteiger partial charge < -0.3 is 13.7 Å². The zero-order valence-electron chi connectivity index (χ0n) is 27.7. The van der Waals surface area contributed by atoms with Crippen molar-refractivity contribution < 1.29 is 0 Å². The van der Waals surface area contributed by atoms with E-state index in [1.165, 1.54) is 82.2 Å².